The molecule has 2 aromatic rings. The maximum Gasteiger partial charge on any atom is 0.179 e. The van der Waals surface area contributed by atoms with Crippen molar-refractivity contribution in [3.63, 3.8) is 0 Å². The fourth-order valence-corrected chi connectivity index (χ4v) is 2.51. The number of nitrogens with zero attached hydrogens (tertiary/aromatic N) is 2. The Morgan fingerprint density at radius 2 is 2.22 bits per heavy atom. The number of hydrogen-bond donors (Lipinski definition) is 1. The normalized spacial score (nSPS) is 13.4. The minimum Gasteiger partial charge on any atom is -0.383 e. The Morgan fingerprint density at radius 1 is 1.50 bits per heavy atom. The minimum absolute atomic E-state index is 0.200. The lowest BCUT2D eigenvalue weighted by Crippen LogP contribution is -2.20. The van der Waals surface area contributed by atoms with Crippen molar-refractivity contribution >= 4 is 23.4 Å². The number of imidazole rings is 1. The number of nitrogens with one attached hydrogen (secondary N) is 1. The van der Waals surface area contributed by atoms with Crippen LogP contribution >= 0.6 is 12.2 Å². The van der Waals surface area contributed by atoms with Gasteiger partial charge in [0.05, 0.1) is 18.2 Å². The maximum atomic E-state index is 5.43. The molecule has 1 N–H and O–H groups in total. The lowest BCUT2D eigenvalue weighted by atomic mass is 10.1. The molecule has 0 amide bonds. The summed E-state index contributed by atoms with van der Waals surface area (Å²) in [4.78, 5) is 7.71. The van der Waals surface area contributed by atoms with Gasteiger partial charge < -0.3 is 9.72 Å². The van der Waals surface area contributed by atoms with E-state index in [2.05, 4.69) is 35.3 Å². The number of aromatic nitrogens is 3. The Labute approximate surface area is 112 Å². The smallest absolute Gasteiger partial charge is 0.179 e. The van der Waals surface area contributed by atoms with Gasteiger partial charge in [-0.25, -0.2) is 4.98 Å². The molecule has 4 nitrogen and oxygen atoms in total. The highest BCUT2D eigenvalue weighted by atomic mass is 32.1. The van der Waals surface area contributed by atoms with Gasteiger partial charge in [0.2, 0.25) is 0 Å². The molecule has 0 aliphatic carbocycles. The molecule has 2 rings (SSSR count). The molecule has 18 heavy (non-hydrogen) atoms. The first kappa shape index (κ1) is 13.2. The Bertz CT molecular complexity index is 600. The molecule has 0 saturated heterocycles. The van der Waals surface area contributed by atoms with Crippen molar-refractivity contribution in [1.82, 2.24) is 14.5 Å². The number of H-pyrrole nitrogens is 1. The topological polar surface area (TPSA) is 42.8 Å². The maximum absolute atomic E-state index is 5.43. The van der Waals surface area contributed by atoms with Crippen LogP contribution in [-0.4, -0.2) is 28.3 Å². The van der Waals surface area contributed by atoms with Crippen LogP contribution in [0.1, 0.15) is 25.5 Å². The van der Waals surface area contributed by atoms with E-state index in [9.17, 15) is 0 Å². The highest BCUT2D eigenvalue weighted by Gasteiger charge is 2.20. The summed E-state index contributed by atoms with van der Waals surface area (Å²) in [5.41, 5.74) is 3.09. The second-order valence-corrected chi connectivity index (χ2v) is 5.28. The Kier molecular flexibility index (Phi) is 3.82. The van der Waals surface area contributed by atoms with E-state index >= 15 is 0 Å². The molecule has 98 valence electrons. The molecular weight excluding hydrogens is 246 g/mol. The third kappa shape index (κ3) is 2.20. The predicted octanol–water partition coefficient (Wildman–Crippen LogP) is 3.25. The number of hydrogen-bond acceptors (Lipinski definition) is 3. The second-order valence-electron chi connectivity index (χ2n) is 4.89. The molecule has 0 saturated carbocycles. The van der Waals surface area contributed by atoms with E-state index in [4.69, 9.17) is 17.0 Å². The zero-order valence-corrected chi connectivity index (χ0v) is 12.0. The minimum atomic E-state index is 0.200. The molecular formula is C13H19N3OS. The molecule has 0 fully saturated rings. The van der Waals surface area contributed by atoms with Gasteiger partial charge in [0.15, 0.2) is 10.4 Å². The van der Waals surface area contributed by atoms with E-state index in [1.165, 1.54) is 0 Å². The van der Waals surface area contributed by atoms with Crippen molar-refractivity contribution in [2.24, 2.45) is 5.92 Å². The van der Waals surface area contributed by atoms with Crippen LogP contribution in [0.5, 0.6) is 0 Å². The summed E-state index contributed by atoms with van der Waals surface area (Å²) < 4.78 is 8.10. The summed E-state index contributed by atoms with van der Waals surface area (Å²) in [7, 11) is 1.71. The second kappa shape index (κ2) is 5.20. The van der Waals surface area contributed by atoms with Crippen molar-refractivity contribution in [2.45, 2.75) is 26.8 Å². The van der Waals surface area contributed by atoms with E-state index in [1.807, 2.05) is 12.3 Å². The third-order valence-electron chi connectivity index (χ3n) is 3.26. The van der Waals surface area contributed by atoms with Crippen molar-refractivity contribution in [3.05, 3.63) is 22.6 Å². The number of rotatable bonds is 4. The van der Waals surface area contributed by atoms with Gasteiger partial charge in [0.25, 0.3) is 0 Å². The standard InChI is InChI=1S/C13H19N3OS/c1-8(2)10(7-17-4)16-12-11(15-13(16)18)9(3)5-6-14-12/h5-6,8,10H,7H2,1-4H3,(H,15,18). The SMILES string of the molecule is COCC(C(C)C)n1c(=S)[nH]c2c(C)ccnc21. The Morgan fingerprint density at radius 3 is 2.83 bits per heavy atom. The van der Waals surface area contributed by atoms with Crippen LogP contribution < -0.4 is 0 Å². The van der Waals surface area contributed by atoms with Crippen LogP contribution in [0, 0.1) is 17.6 Å². The van der Waals surface area contributed by atoms with Gasteiger partial charge in [-0.1, -0.05) is 13.8 Å². The first-order chi connectivity index (χ1) is 8.56. The fourth-order valence-electron chi connectivity index (χ4n) is 2.19. The summed E-state index contributed by atoms with van der Waals surface area (Å²) >= 11 is 5.43. The number of aryl methyl sites for hydroxylation is 1. The number of fused-ring (bicyclic) bond motifs is 1. The van der Waals surface area contributed by atoms with Gasteiger partial charge in [0, 0.05) is 13.3 Å². The summed E-state index contributed by atoms with van der Waals surface area (Å²) in [5, 5.41) is 0. The largest absolute Gasteiger partial charge is 0.383 e. The molecule has 1 unspecified atom stereocenters. The van der Waals surface area contributed by atoms with Crippen molar-refractivity contribution in [2.75, 3.05) is 13.7 Å². The molecule has 0 aliphatic heterocycles. The monoisotopic (exact) mass is 265 g/mol. The predicted molar refractivity (Wildman–Crippen MR) is 75.4 cm³/mol. The molecule has 2 heterocycles. The van der Waals surface area contributed by atoms with Crippen LogP contribution in [0.2, 0.25) is 0 Å². The lowest BCUT2D eigenvalue weighted by Gasteiger charge is -2.22. The van der Waals surface area contributed by atoms with Crippen LogP contribution in [-0.2, 0) is 4.74 Å². The molecule has 1 atom stereocenters. The van der Waals surface area contributed by atoms with Crippen LogP contribution in [0.4, 0.5) is 0 Å². The van der Waals surface area contributed by atoms with E-state index in [-0.39, 0.29) is 6.04 Å². The van der Waals surface area contributed by atoms with Gasteiger partial charge in [-0.15, -0.1) is 0 Å². The summed E-state index contributed by atoms with van der Waals surface area (Å²) in [6, 6.07) is 2.18. The lowest BCUT2D eigenvalue weighted by molar-refractivity contribution is 0.134. The summed E-state index contributed by atoms with van der Waals surface area (Å²) in [6.45, 7) is 7.02. The van der Waals surface area contributed by atoms with Gasteiger partial charge in [-0.05, 0) is 36.7 Å². The summed E-state index contributed by atoms with van der Waals surface area (Å²) in [6.07, 6.45) is 1.82. The van der Waals surface area contributed by atoms with Crippen LogP contribution in [0.15, 0.2) is 12.3 Å². The third-order valence-corrected chi connectivity index (χ3v) is 3.56. The highest BCUT2D eigenvalue weighted by Crippen LogP contribution is 2.24. The van der Waals surface area contributed by atoms with Gasteiger partial charge in [0.1, 0.15) is 0 Å². The quantitative estimate of drug-likeness (QED) is 0.863. The van der Waals surface area contributed by atoms with Gasteiger partial charge in [-0.2, -0.15) is 0 Å². The van der Waals surface area contributed by atoms with Crippen molar-refractivity contribution in [3.8, 4) is 0 Å². The Balaban J connectivity index is 2.66. The zero-order chi connectivity index (χ0) is 13.3. The van der Waals surface area contributed by atoms with Crippen molar-refractivity contribution < 1.29 is 4.74 Å². The number of aromatic amines is 1. The zero-order valence-electron chi connectivity index (χ0n) is 11.2. The van der Waals surface area contributed by atoms with Crippen LogP contribution in [0.25, 0.3) is 11.2 Å². The summed E-state index contributed by atoms with van der Waals surface area (Å²) in [5.74, 6) is 0.429. The van der Waals surface area contributed by atoms with E-state index < -0.39 is 0 Å². The Hall–Kier alpha value is -1.20. The molecule has 0 aliphatic rings. The van der Waals surface area contributed by atoms with E-state index in [0.717, 1.165) is 16.7 Å². The fraction of sp³-hybridized carbons (Fsp3) is 0.538. The van der Waals surface area contributed by atoms with Gasteiger partial charge >= 0.3 is 0 Å². The number of ether oxygens (including phenoxy) is 1. The number of methoxy groups -OCH3 is 1. The molecule has 5 heteroatoms. The number of pyridine rings is 1. The van der Waals surface area contributed by atoms with E-state index in [0.29, 0.717) is 17.3 Å². The molecule has 0 bridgehead atoms. The molecule has 2 aromatic heterocycles. The first-order valence-corrected chi connectivity index (χ1v) is 6.51. The van der Waals surface area contributed by atoms with Crippen molar-refractivity contribution in [1.29, 1.82) is 0 Å². The first-order valence-electron chi connectivity index (χ1n) is 6.11. The molecule has 0 radical (unpaired) electrons. The van der Waals surface area contributed by atoms with E-state index in [1.54, 1.807) is 7.11 Å². The average Bonchev–Trinajstić information content (AvgIpc) is 2.64. The molecule has 0 spiro atoms. The van der Waals surface area contributed by atoms with Crippen LogP contribution in [0.3, 0.4) is 0 Å². The molecule has 0 aromatic carbocycles. The average molecular weight is 265 g/mol. The highest BCUT2D eigenvalue weighted by molar-refractivity contribution is 7.71. The van der Waals surface area contributed by atoms with Gasteiger partial charge in [-0.3, -0.25) is 4.57 Å².